The normalized spacial score (nSPS) is 24.7. The highest BCUT2D eigenvalue weighted by molar-refractivity contribution is 5.90. The Bertz CT molecular complexity index is 1160. The Morgan fingerprint density at radius 2 is 1.85 bits per heavy atom. The number of allylic oxidation sites excluding steroid dienone is 2. The summed E-state index contributed by atoms with van der Waals surface area (Å²) >= 11 is 0. The van der Waals surface area contributed by atoms with Gasteiger partial charge in [-0.05, 0) is 60.9 Å². The molecule has 2 aromatic heterocycles. The van der Waals surface area contributed by atoms with E-state index in [1.807, 2.05) is 18.4 Å². The van der Waals surface area contributed by atoms with Gasteiger partial charge in [-0.1, -0.05) is 37.5 Å². The van der Waals surface area contributed by atoms with Gasteiger partial charge in [0.15, 0.2) is 0 Å². The van der Waals surface area contributed by atoms with Gasteiger partial charge < -0.3 is 9.32 Å². The van der Waals surface area contributed by atoms with Crippen LogP contribution in [0, 0.1) is 11.7 Å². The molecule has 2 atom stereocenters. The lowest BCUT2D eigenvalue weighted by Crippen LogP contribution is -2.51. The zero-order valence-electron chi connectivity index (χ0n) is 19.8. The van der Waals surface area contributed by atoms with Gasteiger partial charge in [0, 0.05) is 50.2 Å². The van der Waals surface area contributed by atoms with Gasteiger partial charge in [0.05, 0.1) is 17.5 Å². The van der Waals surface area contributed by atoms with Crippen molar-refractivity contribution in [3.05, 3.63) is 72.1 Å². The van der Waals surface area contributed by atoms with Crippen molar-refractivity contribution in [1.82, 2.24) is 9.88 Å². The van der Waals surface area contributed by atoms with Crippen LogP contribution in [-0.4, -0.2) is 42.1 Å². The van der Waals surface area contributed by atoms with Crippen molar-refractivity contribution in [3.63, 3.8) is 0 Å². The summed E-state index contributed by atoms with van der Waals surface area (Å²) in [5.41, 5.74) is 3.32. The molecule has 4 aliphatic rings. The fourth-order valence-electron chi connectivity index (χ4n) is 6.13. The number of hydrogen-bond donors (Lipinski definition) is 0. The standard InChI is InChI=1S/C19H24FN3.C10H10O/c20-16-13-15-5-4-8-21-19(15)18(14-16)23-11-9-22(10-12-23)17-6-2-1-3-7-17;1-2-7-6-9(7)8-4-5-11-10(8)3-1/h4-5,8,13-14,17H,1-3,6-7,9-12H2;1-2,4-5,7,9H,3,6H2. The molecular weight excluding hydrogens is 425 g/mol. The van der Waals surface area contributed by atoms with Crippen LogP contribution in [0.5, 0.6) is 0 Å². The van der Waals surface area contributed by atoms with Gasteiger partial charge in [-0.2, -0.15) is 0 Å². The number of benzene rings is 1. The topological polar surface area (TPSA) is 32.5 Å². The van der Waals surface area contributed by atoms with E-state index in [0.717, 1.165) is 67.1 Å². The molecule has 34 heavy (non-hydrogen) atoms. The first-order chi connectivity index (χ1) is 16.8. The Balaban J connectivity index is 0.000000163. The molecule has 2 saturated carbocycles. The number of fused-ring (bicyclic) bond motifs is 4. The second kappa shape index (κ2) is 9.53. The van der Waals surface area contributed by atoms with Crippen LogP contribution in [-0.2, 0) is 6.42 Å². The third-order valence-electron chi connectivity index (χ3n) is 8.10. The van der Waals surface area contributed by atoms with E-state index in [0.29, 0.717) is 0 Å². The van der Waals surface area contributed by atoms with E-state index in [4.69, 9.17) is 4.42 Å². The Labute approximate surface area is 201 Å². The summed E-state index contributed by atoms with van der Waals surface area (Å²) in [6, 6.07) is 9.93. The number of piperazine rings is 1. The Morgan fingerprint density at radius 3 is 2.71 bits per heavy atom. The van der Waals surface area contributed by atoms with E-state index in [-0.39, 0.29) is 5.82 Å². The summed E-state index contributed by atoms with van der Waals surface area (Å²) in [4.78, 5) is 9.43. The quantitative estimate of drug-likeness (QED) is 0.420. The maximum atomic E-state index is 14.0. The molecule has 0 radical (unpaired) electrons. The molecule has 0 amide bonds. The number of halogens is 1. The molecule has 3 aliphatic carbocycles. The summed E-state index contributed by atoms with van der Waals surface area (Å²) in [7, 11) is 0. The van der Waals surface area contributed by atoms with Crippen LogP contribution < -0.4 is 4.90 Å². The number of pyridine rings is 1. The first-order valence-corrected chi connectivity index (χ1v) is 13.0. The van der Waals surface area contributed by atoms with Crippen molar-refractivity contribution in [2.45, 2.75) is 56.9 Å². The van der Waals surface area contributed by atoms with Crippen molar-refractivity contribution in [2.24, 2.45) is 5.92 Å². The van der Waals surface area contributed by atoms with Gasteiger partial charge in [0.25, 0.3) is 0 Å². The lowest BCUT2D eigenvalue weighted by atomic mass is 9.94. The van der Waals surface area contributed by atoms with Gasteiger partial charge in [-0.15, -0.1) is 0 Å². The second-order valence-electron chi connectivity index (χ2n) is 10.3. The van der Waals surface area contributed by atoms with E-state index in [9.17, 15) is 4.39 Å². The average Bonchev–Trinajstić information content (AvgIpc) is 3.54. The SMILES string of the molecule is C1=CC2CC2c2ccoc2C1.Fc1cc(N2CCN(C3CCCCC3)CC2)c2ncccc2c1. The Hall–Kier alpha value is -2.66. The largest absolute Gasteiger partial charge is 0.469 e. The third kappa shape index (κ3) is 4.50. The van der Waals surface area contributed by atoms with Gasteiger partial charge >= 0.3 is 0 Å². The van der Waals surface area contributed by atoms with E-state index >= 15 is 0 Å². The predicted octanol–water partition coefficient (Wildman–Crippen LogP) is 6.32. The molecule has 3 heterocycles. The first kappa shape index (κ1) is 21.8. The minimum atomic E-state index is -0.171. The number of rotatable bonds is 2. The lowest BCUT2D eigenvalue weighted by molar-refractivity contribution is 0.148. The molecule has 0 N–H and O–H groups in total. The van der Waals surface area contributed by atoms with E-state index in [2.05, 4.69) is 33.0 Å². The smallest absolute Gasteiger partial charge is 0.126 e. The number of aromatic nitrogens is 1. The molecule has 2 unspecified atom stereocenters. The molecule has 1 aromatic carbocycles. The maximum absolute atomic E-state index is 14.0. The van der Waals surface area contributed by atoms with Crippen molar-refractivity contribution in [1.29, 1.82) is 0 Å². The fraction of sp³-hybridized carbons (Fsp3) is 0.483. The molecule has 3 aromatic rings. The number of nitrogens with zero attached hydrogens (tertiary/aromatic N) is 3. The van der Waals surface area contributed by atoms with E-state index < -0.39 is 0 Å². The Kier molecular flexibility index (Phi) is 6.13. The second-order valence-corrected chi connectivity index (χ2v) is 10.3. The highest BCUT2D eigenvalue weighted by atomic mass is 19.1. The van der Waals surface area contributed by atoms with Crippen molar-refractivity contribution in [3.8, 4) is 0 Å². The predicted molar refractivity (Wildman–Crippen MR) is 135 cm³/mol. The first-order valence-electron chi connectivity index (χ1n) is 13.0. The summed E-state index contributed by atoms with van der Waals surface area (Å²) in [6.45, 7) is 4.09. The molecular formula is C29H34FN3O. The van der Waals surface area contributed by atoms with E-state index in [1.165, 1.54) is 49.8 Å². The van der Waals surface area contributed by atoms with Crippen LogP contribution in [0.4, 0.5) is 10.1 Å². The van der Waals surface area contributed by atoms with Crippen LogP contribution in [0.3, 0.4) is 0 Å². The van der Waals surface area contributed by atoms with Crippen molar-refractivity contribution >= 4 is 16.6 Å². The molecule has 3 fully saturated rings. The molecule has 178 valence electrons. The number of anilines is 1. The van der Waals surface area contributed by atoms with Crippen LogP contribution in [0.1, 0.15) is 55.8 Å². The highest BCUT2D eigenvalue weighted by Crippen LogP contribution is 2.51. The van der Waals surface area contributed by atoms with Crippen LogP contribution in [0.25, 0.3) is 10.9 Å². The van der Waals surface area contributed by atoms with Gasteiger partial charge in [0.2, 0.25) is 0 Å². The minimum absolute atomic E-state index is 0.171. The highest BCUT2D eigenvalue weighted by Gasteiger charge is 2.39. The van der Waals surface area contributed by atoms with Crippen molar-refractivity contribution < 1.29 is 8.81 Å². The molecule has 4 nitrogen and oxygen atoms in total. The number of hydrogen-bond acceptors (Lipinski definition) is 4. The third-order valence-corrected chi connectivity index (χ3v) is 8.10. The fourth-order valence-corrected chi connectivity index (χ4v) is 6.13. The van der Waals surface area contributed by atoms with E-state index in [1.54, 1.807) is 18.3 Å². The molecule has 7 rings (SSSR count). The minimum Gasteiger partial charge on any atom is -0.469 e. The molecule has 5 heteroatoms. The molecule has 1 aliphatic heterocycles. The van der Waals surface area contributed by atoms with Crippen LogP contribution in [0.15, 0.2) is 59.4 Å². The van der Waals surface area contributed by atoms with Crippen LogP contribution in [0.2, 0.25) is 0 Å². The monoisotopic (exact) mass is 459 g/mol. The summed E-state index contributed by atoms with van der Waals surface area (Å²) in [5.74, 6) is 2.64. The zero-order chi connectivity index (χ0) is 22.9. The zero-order valence-corrected chi connectivity index (χ0v) is 19.8. The van der Waals surface area contributed by atoms with Crippen LogP contribution >= 0.6 is 0 Å². The van der Waals surface area contributed by atoms with Gasteiger partial charge in [-0.3, -0.25) is 9.88 Å². The van der Waals surface area contributed by atoms with Gasteiger partial charge in [0.1, 0.15) is 11.6 Å². The summed E-state index contributed by atoms with van der Waals surface area (Å²) in [5, 5.41) is 0.886. The summed E-state index contributed by atoms with van der Waals surface area (Å²) in [6.07, 6.45) is 17.4. The lowest BCUT2D eigenvalue weighted by Gasteiger charge is -2.41. The Morgan fingerprint density at radius 1 is 1.00 bits per heavy atom. The number of furan rings is 1. The maximum Gasteiger partial charge on any atom is 0.126 e. The summed E-state index contributed by atoms with van der Waals surface area (Å²) < 4.78 is 19.3. The molecule has 0 bridgehead atoms. The average molecular weight is 460 g/mol. The van der Waals surface area contributed by atoms with Gasteiger partial charge in [-0.25, -0.2) is 4.39 Å². The molecule has 1 saturated heterocycles. The van der Waals surface area contributed by atoms with Crippen molar-refractivity contribution in [2.75, 3.05) is 31.1 Å². The molecule has 0 spiro atoms.